The van der Waals surface area contributed by atoms with Gasteiger partial charge in [0.2, 0.25) is 0 Å². The van der Waals surface area contributed by atoms with Gasteiger partial charge in [0.1, 0.15) is 11.5 Å². The van der Waals surface area contributed by atoms with Gasteiger partial charge in [-0.2, -0.15) is 8.78 Å². The Kier molecular flexibility index (Phi) is 4.23. The van der Waals surface area contributed by atoms with Crippen LogP contribution in [-0.4, -0.2) is 22.3 Å². The Hall–Kier alpha value is -1.17. The highest BCUT2D eigenvalue weighted by molar-refractivity contribution is 9.10. The SMILES string of the molecule is CC(Br)C(=O)c1ccc(OC(F)F)cc1O. The number of Topliss-reactive ketones (excluding diaryl/α,β-unsaturated/α-hetero) is 1. The van der Waals surface area contributed by atoms with Crippen LogP contribution in [0.4, 0.5) is 8.78 Å². The quantitative estimate of drug-likeness (QED) is 0.686. The van der Waals surface area contributed by atoms with Crippen molar-refractivity contribution in [3.63, 3.8) is 0 Å². The number of ketones is 1. The second-order valence-corrected chi connectivity index (χ2v) is 4.41. The molecule has 0 aromatic heterocycles. The monoisotopic (exact) mass is 294 g/mol. The number of phenolic OH excluding ortho intramolecular Hbond substituents is 1. The third kappa shape index (κ3) is 3.16. The van der Waals surface area contributed by atoms with E-state index in [0.29, 0.717) is 0 Å². The van der Waals surface area contributed by atoms with Crippen molar-refractivity contribution < 1.29 is 23.4 Å². The standard InChI is InChI=1S/C10H9BrF2O3/c1-5(11)9(15)7-3-2-6(4-8(7)14)16-10(12)13/h2-5,10,14H,1H3. The summed E-state index contributed by atoms with van der Waals surface area (Å²) < 4.78 is 27.8. The molecule has 1 rings (SSSR count). The summed E-state index contributed by atoms with van der Waals surface area (Å²) in [6, 6.07) is 3.43. The molecule has 0 radical (unpaired) electrons. The molecule has 3 nitrogen and oxygen atoms in total. The summed E-state index contributed by atoms with van der Waals surface area (Å²) >= 11 is 3.06. The minimum absolute atomic E-state index is 0.0611. The minimum Gasteiger partial charge on any atom is -0.507 e. The van der Waals surface area contributed by atoms with Gasteiger partial charge in [0.05, 0.1) is 10.4 Å². The average Bonchev–Trinajstić information content (AvgIpc) is 2.15. The fourth-order valence-electron chi connectivity index (χ4n) is 1.11. The molecule has 0 aliphatic heterocycles. The Labute approximate surface area is 99.2 Å². The number of phenols is 1. The van der Waals surface area contributed by atoms with Gasteiger partial charge in [-0.3, -0.25) is 4.79 Å². The predicted molar refractivity (Wildman–Crippen MR) is 57.5 cm³/mol. The molecular formula is C10H9BrF2O3. The number of hydrogen-bond donors (Lipinski definition) is 1. The zero-order chi connectivity index (χ0) is 12.3. The highest BCUT2D eigenvalue weighted by atomic mass is 79.9. The average molecular weight is 295 g/mol. The van der Waals surface area contributed by atoms with Crippen molar-refractivity contribution in [2.24, 2.45) is 0 Å². The largest absolute Gasteiger partial charge is 0.507 e. The topological polar surface area (TPSA) is 46.5 Å². The summed E-state index contributed by atoms with van der Waals surface area (Å²) in [5, 5.41) is 9.46. The Balaban J connectivity index is 2.96. The predicted octanol–water partition coefficient (Wildman–Crippen LogP) is 2.96. The van der Waals surface area contributed by atoms with E-state index in [-0.39, 0.29) is 22.8 Å². The fourth-order valence-corrected chi connectivity index (χ4v) is 1.36. The van der Waals surface area contributed by atoms with Crippen LogP contribution in [0.5, 0.6) is 11.5 Å². The molecule has 6 heteroatoms. The van der Waals surface area contributed by atoms with Crippen molar-refractivity contribution in [1.29, 1.82) is 0 Å². The number of aromatic hydroxyl groups is 1. The number of alkyl halides is 3. The molecule has 0 fully saturated rings. The first-order chi connectivity index (χ1) is 7.41. The first-order valence-electron chi connectivity index (χ1n) is 4.38. The van der Waals surface area contributed by atoms with Crippen LogP contribution in [0.2, 0.25) is 0 Å². The number of ether oxygens (including phenoxy) is 1. The lowest BCUT2D eigenvalue weighted by Crippen LogP contribution is -2.10. The molecule has 0 heterocycles. The van der Waals surface area contributed by atoms with Crippen molar-refractivity contribution in [2.45, 2.75) is 18.4 Å². The van der Waals surface area contributed by atoms with E-state index < -0.39 is 11.4 Å². The molecule has 1 unspecified atom stereocenters. The van der Waals surface area contributed by atoms with Crippen LogP contribution in [-0.2, 0) is 0 Å². The lowest BCUT2D eigenvalue weighted by atomic mass is 10.1. The van der Waals surface area contributed by atoms with E-state index in [1.54, 1.807) is 6.92 Å². The van der Waals surface area contributed by atoms with E-state index in [1.807, 2.05) is 0 Å². The lowest BCUT2D eigenvalue weighted by Gasteiger charge is -2.08. The van der Waals surface area contributed by atoms with E-state index >= 15 is 0 Å². The molecule has 0 amide bonds. The van der Waals surface area contributed by atoms with Crippen molar-refractivity contribution in [1.82, 2.24) is 0 Å². The second kappa shape index (κ2) is 5.25. The molecular weight excluding hydrogens is 286 g/mol. The molecule has 0 aliphatic carbocycles. The van der Waals surface area contributed by atoms with Crippen LogP contribution < -0.4 is 4.74 Å². The van der Waals surface area contributed by atoms with Gasteiger partial charge >= 0.3 is 6.61 Å². The summed E-state index contributed by atoms with van der Waals surface area (Å²) in [4.78, 5) is 11.0. The van der Waals surface area contributed by atoms with Crippen LogP contribution in [0, 0.1) is 0 Å². The molecule has 0 bridgehead atoms. The molecule has 16 heavy (non-hydrogen) atoms. The van der Waals surface area contributed by atoms with Gasteiger partial charge < -0.3 is 9.84 Å². The lowest BCUT2D eigenvalue weighted by molar-refractivity contribution is -0.0499. The maximum atomic E-state index is 11.9. The van der Waals surface area contributed by atoms with Crippen LogP contribution in [0.15, 0.2) is 18.2 Å². The first kappa shape index (κ1) is 12.9. The van der Waals surface area contributed by atoms with Crippen molar-refractivity contribution in [3.8, 4) is 11.5 Å². The number of halogens is 3. The normalized spacial score (nSPS) is 12.6. The molecule has 1 aromatic rings. The Bertz CT molecular complexity index is 394. The molecule has 0 aliphatic rings. The zero-order valence-electron chi connectivity index (χ0n) is 8.28. The summed E-state index contributed by atoms with van der Waals surface area (Å²) in [6.45, 7) is -1.36. The van der Waals surface area contributed by atoms with Crippen molar-refractivity contribution in [3.05, 3.63) is 23.8 Å². The van der Waals surface area contributed by atoms with Gasteiger partial charge in [0.15, 0.2) is 5.78 Å². The van der Waals surface area contributed by atoms with Gasteiger partial charge in [0.25, 0.3) is 0 Å². The van der Waals surface area contributed by atoms with Gasteiger partial charge in [0, 0.05) is 6.07 Å². The Morgan fingerprint density at radius 2 is 2.12 bits per heavy atom. The second-order valence-electron chi connectivity index (χ2n) is 3.04. The Morgan fingerprint density at radius 1 is 1.50 bits per heavy atom. The van der Waals surface area contributed by atoms with Crippen molar-refractivity contribution >= 4 is 21.7 Å². The molecule has 0 saturated carbocycles. The maximum Gasteiger partial charge on any atom is 0.387 e. The highest BCUT2D eigenvalue weighted by Gasteiger charge is 2.17. The van der Waals surface area contributed by atoms with Crippen LogP contribution in [0.25, 0.3) is 0 Å². The van der Waals surface area contributed by atoms with Gasteiger partial charge in [-0.05, 0) is 19.1 Å². The summed E-state index contributed by atoms with van der Waals surface area (Å²) in [7, 11) is 0. The number of carbonyl (C=O) groups excluding carboxylic acids is 1. The van der Waals surface area contributed by atoms with E-state index in [0.717, 1.165) is 6.07 Å². The van der Waals surface area contributed by atoms with Crippen LogP contribution in [0.3, 0.4) is 0 Å². The molecule has 1 N–H and O–H groups in total. The van der Waals surface area contributed by atoms with E-state index in [9.17, 15) is 18.7 Å². The molecule has 1 atom stereocenters. The molecule has 1 aromatic carbocycles. The smallest absolute Gasteiger partial charge is 0.387 e. The van der Waals surface area contributed by atoms with Crippen molar-refractivity contribution in [2.75, 3.05) is 0 Å². The third-order valence-electron chi connectivity index (χ3n) is 1.82. The number of benzene rings is 1. The van der Waals surface area contributed by atoms with Crippen LogP contribution in [0.1, 0.15) is 17.3 Å². The summed E-state index contributed by atoms with van der Waals surface area (Å²) in [5.41, 5.74) is 0.0611. The zero-order valence-corrected chi connectivity index (χ0v) is 9.87. The Morgan fingerprint density at radius 3 is 2.56 bits per heavy atom. The van der Waals surface area contributed by atoms with E-state index in [2.05, 4.69) is 20.7 Å². The summed E-state index contributed by atoms with van der Waals surface area (Å²) in [6.07, 6.45) is 0. The van der Waals surface area contributed by atoms with Gasteiger partial charge in [-0.25, -0.2) is 0 Å². The third-order valence-corrected chi connectivity index (χ3v) is 2.24. The van der Waals surface area contributed by atoms with Gasteiger partial charge in [-0.1, -0.05) is 15.9 Å². The van der Waals surface area contributed by atoms with Crippen LogP contribution >= 0.6 is 15.9 Å². The maximum absolute atomic E-state index is 11.9. The molecule has 0 spiro atoms. The minimum atomic E-state index is -2.96. The first-order valence-corrected chi connectivity index (χ1v) is 5.29. The molecule has 88 valence electrons. The number of hydrogen-bond acceptors (Lipinski definition) is 3. The van der Waals surface area contributed by atoms with E-state index in [4.69, 9.17) is 0 Å². The molecule has 0 saturated heterocycles. The number of rotatable bonds is 4. The summed E-state index contributed by atoms with van der Waals surface area (Å²) in [5.74, 6) is -0.901. The van der Waals surface area contributed by atoms with E-state index in [1.165, 1.54) is 12.1 Å². The fraction of sp³-hybridized carbons (Fsp3) is 0.300. The number of carbonyl (C=O) groups is 1. The van der Waals surface area contributed by atoms with Gasteiger partial charge in [-0.15, -0.1) is 0 Å². The highest BCUT2D eigenvalue weighted by Crippen LogP contribution is 2.26.